The van der Waals surface area contributed by atoms with Crippen molar-refractivity contribution in [2.75, 3.05) is 11.1 Å². The maximum atomic E-state index is 12.3. The minimum absolute atomic E-state index is 0.153. The number of aromatic nitrogens is 1. The number of pyridine rings is 1. The molecule has 1 unspecified atom stereocenters. The Bertz CT molecular complexity index is 974. The number of carbonyl (C=O) groups excluding carboxylic acids is 2. The molecule has 148 valence electrons. The molecular formula is C22H23N5O2. The number of anilines is 2. The minimum atomic E-state index is -0.275. The van der Waals surface area contributed by atoms with Gasteiger partial charge in [0.25, 0.3) is 5.91 Å². The summed E-state index contributed by atoms with van der Waals surface area (Å²) in [5.41, 5.74) is 9.24. The molecule has 0 bridgehead atoms. The summed E-state index contributed by atoms with van der Waals surface area (Å²) in [5, 5.41) is 8.46. The maximum Gasteiger partial charge on any atom is 0.315 e. The molecule has 3 aromatic rings. The van der Waals surface area contributed by atoms with Gasteiger partial charge in [-0.1, -0.05) is 30.3 Å². The summed E-state index contributed by atoms with van der Waals surface area (Å²) in [6.07, 6.45) is 3.41. The fraction of sp³-hybridized carbons (Fsp3) is 0.136. The standard InChI is InChI=1S/C22H23N5O2/c1-15(18-5-4-12-24-14-18)26-22(29)25-13-16-8-10-17(11-9-16)21(28)27-20-7-3-2-6-19(20)23/h2-12,14-15H,13,23H2,1H3,(H,27,28)(H2,25,26,29). The number of nitrogen functional groups attached to an aromatic ring is 1. The highest BCUT2D eigenvalue weighted by molar-refractivity contribution is 6.05. The lowest BCUT2D eigenvalue weighted by molar-refractivity contribution is 0.102. The summed E-state index contributed by atoms with van der Waals surface area (Å²) in [6, 6.07) is 17.4. The first-order chi connectivity index (χ1) is 14.0. The second kappa shape index (κ2) is 9.36. The number of carbonyl (C=O) groups is 2. The van der Waals surface area contributed by atoms with E-state index < -0.39 is 0 Å². The summed E-state index contributed by atoms with van der Waals surface area (Å²) in [7, 11) is 0. The fourth-order valence-corrected chi connectivity index (χ4v) is 2.72. The van der Waals surface area contributed by atoms with E-state index in [9.17, 15) is 9.59 Å². The first kappa shape index (κ1) is 19.9. The predicted octanol–water partition coefficient (Wildman–Crippen LogP) is 3.48. The zero-order chi connectivity index (χ0) is 20.6. The van der Waals surface area contributed by atoms with Gasteiger partial charge in [-0.25, -0.2) is 4.79 Å². The Labute approximate surface area is 169 Å². The zero-order valence-corrected chi connectivity index (χ0v) is 16.1. The Morgan fingerprint density at radius 3 is 2.48 bits per heavy atom. The lowest BCUT2D eigenvalue weighted by Gasteiger charge is -2.14. The minimum Gasteiger partial charge on any atom is -0.397 e. The third-order valence-electron chi connectivity index (χ3n) is 4.41. The molecule has 7 nitrogen and oxygen atoms in total. The van der Waals surface area contributed by atoms with Crippen LogP contribution in [0.15, 0.2) is 73.1 Å². The number of nitrogens with one attached hydrogen (secondary N) is 3. The molecule has 2 aromatic carbocycles. The number of benzene rings is 2. The van der Waals surface area contributed by atoms with Gasteiger partial charge in [0, 0.05) is 24.5 Å². The van der Waals surface area contributed by atoms with Crippen molar-refractivity contribution in [1.82, 2.24) is 15.6 Å². The first-order valence-electron chi connectivity index (χ1n) is 9.22. The Balaban J connectivity index is 1.50. The SMILES string of the molecule is CC(NC(=O)NCc1ccc(C(=O)Nc2ccccc2N)cc1)c1cccnc1. The van der Waals surface area contributed by atoms with Crippen LogP contribution in [0.5, 0.6) is 0 Å². The van der Waals surface area contributed by atoms with Crippen LogP contribution in [0, 0.1) is 0 Å². The number of nitrogens with zero attached hydrogens (tertiary/aromatic N) is 1. The molecule has 5 N–H and O–H groups in total. The molecule has 0 aliphatic rings. The third kappa shape index (κ3) is 5.55. The van der Waals surface area contributed by atoms with Crippen LogP contribution in [0.2, 0.25) is 0 Å². The molecule has 0 spiro atoms. The molecule has 0 radical (unpaired) electrons. The number of hydrogen-bond acceptors (Lipinski definition) is 4. The van der Waals surface area contributed by atoms with E-state index in [0.717, 1.165) is 11.1 Å². The molecule has 3 rings (SSSR count). The number of para-hydroxylation sites is 2. The van der Waals surface area contributed by atoms with Crippen molar-refractivity contribution >= 4 is 23.3 Å². The Kier molecular flexibility index (Phi) is 6.42. The van der Waals surface area contributed by atoms with Crippen molar-refractivity contribution in [3.8, 4) is 0 Å². The van der Waals surface area contributed by atoms with Crippen LogP contribution < -0.4 is 21.7 Å². The molecule has 0 saturated heterocycles. The molecule has 1 aromatic heterocycles. The summed E-state index contributed by atoms with van der Waals surface area (Å²) in [6.45, 7) is 2.24. The van der Waals surface area contributed by atoms with Gasteiger partial charge >= 0.3 is 6.03 Å². The monoisotopic (exact) mass is 389 g/mol. The summed E-state index contributed by atoms with van der Waals surface area (Å²) < 4.78 is 0. The highest BCUT2D eigenvalue weighted by Gasteiger charge is 2.10. The molecule has 0 fully saturated rings. The quantitative estimate of drug-likeness (QED) is 0.484. The molecule has 7 heteroatoms. The molecule has 29 heavy (non-hydrogen) atoms. The van der Waals surface area contributed by atoms with Gasteiger partial charge in [0.1, 0.15) is 0 Å². The molecule has 0 saturated carbocycles. The second-order valence-corrected chi connectivity index (χ2v) is 6.57. The van der Waals surface area contributed by atoms with Crippen molar-refractivity contribution in [2.45, 2.75) is 19.5 Å². The average Bonchev–Trinajstić information content (AvgIpc) is 2.75. The van der Waals surface area contributed by atoms with E-state index in [4.69, 9.17) is 5.73 Å². The second-order valence-electron chi connectivity index (χ2n) is 6.57. The van der Waals surface area contributed by atoms with Gasteiger partial charge < -0.3 is 21.7 Å². The number of hydrogen-bond donors (Lipinski definition) is 4. The first-order valence-corrected chi connectivity index (χ1v) is 9.22. The van der Waals surface area contributed by atoms with E-state index in [-0.39, 0.29) is 18.0 Å². The van der Waals surface area contributed by atoms with E-state index >= 15 is 0 Å². The largest absolute Gasteiger partial charge is 0.397 e. The normalized spacial score (nSPS) is 11.3. The van der Waals surface area contributed by atoms with Crippen molar-refractivity contribution in [3.63, 3.8) is 0 Å². The number of amides is 3. The molecule has 0 aliphatic carbocycles. The van der Waals surface area contributed by atoms with Gasteiger partial charge in [-0.3, -0.25) is 9.78 Å². The van der Waals surface area contributed by atoms with Gasteiger partial charge in [-0.05, 0) is 48.4 Å². The number of rotatable bonds is 6. The van der Waals surface area contributed by atoms with Crippen LogP contribution in [-0.4, -0.2) is 16.9 Å². The van der Waals surface area contributed by atoms with Crippen molar-refractivity contribution in [2.24, 2.45) is 0 Å². The molecule has 3 amide bonds. The third-order valence-corrected chi connectivity index (χ3v) is 4.41. The van der Waals surface area contributed by atoms with Gasteiger partial charge in [0.15, 0.2) is 0 Å². The van der Waals surface area contributed by atoms with E-state index in [1.807, 2.05) is 19.1 Å². The Morgan fingerprint density at radius 2 is 1.79 bits per heavy atom. The molecule has 0 aliphatic heterocycles. The van der Waals surface area contributed by atoms with Crippen LogP contribution in [0.3, 0.4) is 0 Å². The van der Waals surface area contributed by atoms with Crippen molar-refractivity contribution in [3.05, 3.63) is 89.7 Å². The number of urea groups is 1. The molecular weight excluding hydrogens is 366 g/mol. The van der Waals surface area contributed by atoms with Crippen LogP contribution in [-0.2, 0) is 6.54 Å². The summed E-state index contributed by atoms with van der Waals surface area (Å²) in [5.74, 6) is -0.245. The van der Waals surface area contributed by atoms with E-state index in [1.54, 1.807) is 60.9 Å². The van der Waals surface area contributed by atoms with Crippen LogP contribution in [0.4, 0.5) is 16.2 Å². The molecule has 1 heterocycles. The highest BCUT2D eigenvalue weighted by Crippen LogP contribution is 2.18. The highest BCUT2D eigenvalue weighted by atomic mass is 16.2. The van der Waals surface area contributed by atoms with Gasteiger partial charge in [-0.2, -0.15) is 0 Å². The number of nitrogens with two attached hydrogens (primary N) is 1. The summed E-state index contributed by atoms with van der Waals surface area (Å²) >= 11 is 0. The van der Waals surface area contributed by atoms with Crippen molar-refractivity contribution < 1.29 is 9.59 Å². The zero-order valence-electron chi connectivity index (χ0n) is 16.1. The van der Waals surface area contributed by atoms with E-state index in [0.29, 0.717) is 23.5 Å². The Hall–Kier alpha value is -3.87. The van der Waals surface area contributed by atoms with Crippen molar-refractivity contribution in [1.29, 1.82) is 0 Å². The predicted molar refractivity (Wildman–Crippen MR) is 113 cm³/mol. The van der Waals surface area contributed by atoms with Gasteiger partial charge in [0.2, 0.25) is 0 Å². The van der Waals surface area contributed by atoms with Gasteiger partial charge in [0.05, 0.1) is 17.4 Å². The van der Waals surface area contributed by atoms with E-state index in [1.165, 1.54) is 0 Å². The van der Waals surface area contributed by atoms with E-state index in [2.05, 4.69) is 20.9 Å². The Morgan fingerprint density at radius 1 is 1.03 bits per heavy atom. The lowest BCUT2D eigenvalue weighted by atomic mass is 10.1. The van der Waals surface area contributed by atoms with Crippen LogP contribution in [0.1, 0.15) is 34.5 Å². The fourth-order valence-electron chi connectivity index (χ4n) is 2.72. The lowest BCUT2D eigenvalue weighted by Crippen LogP contribution is -2.36. The molecule has 1 atom stereocenters. The van der Waals surface area contributed by atoms with Crippen LogP contribution >= 0.6 is 0 Å². The summed E-state index contributed by atoms with van der Waals surface area (Å²) in [4.78, 5) is 28.5. The topological polar surface area (TPSA) is 109 Å². The van der Waals surface area contributed by atoms with Crippen LogP contribution in [0.25, 0.3) is 0 Å². The average molecular weight is 389 g/mol. The van der Waals surface area contributed by atoms with Gasteiger partial charge in [-0.15, -0.1) is 0 Å². The smallest absolute Gasteiger partial charge is 0.315 e. The maximum absolute atomic E-state index is 12.3.